The lowest BCUT2D eigenvalue weighted by molar-refractivity contribution is 0.539. The van der Waals surface area contributed by atoms with Crippen molar-refractivity contribution >= 4 is 17.6 Å². The van der Waals surface area contributed by atoms with Gasteiger partial charge in [0.2, 0.25) is 0 Å². The summed E-state index contributed by atoms with van der Waals surface area (Å²) in [6.45, 7) is 13.7. The van der Waals surface area contributed by atoms with Crippen LogP contribution in [0.2, 0.25) is 0 Å². The van der Waals surface area contributed by atoms with Gasteiger partial charge in [0.15, 0.2) is 0 Å². The Morgan fingerprint density at radius 2 is 1.94 bits per heavy atom. The van der Waals surface area contributed by atoms with Gasteiger partial charge < -0.3 is 5.32 Å². The van der Waals surface area contributed by atoms with Crippen LogP contribution >= 0.6 is 11.8 Å². The summed E-state index contributed by atoms with van der Waals surface area (Å²) in [7, 11) is 0. The zero-order valence-electron chi connectivity index (χ0n) is 11.7. The van der Waals surface area contributed by atoms with Crippen molar-refractivity contribution in [3.05, 3.63) is 11.9 Å². The van der Waals surface area contributed by atoms with E-state index in [1.807, 2.05) is 6.07 Å². The molecule has 0 spiro atoms. The third-order valence-electron chi connectivity index (χ3n) is 2.09. The molecule has 0 amide bonds. The molecule has 1 aromatic rings. The van der Waals surface area contributed by atoms with Crippen molar-refractivity contribution in [2.24, 2.45) is 0 Å². The highest BCUT2D eigenvalue weighted by Gasteiger charge is 2.19. The summed E-state index contributed by atoms with van der Waals surface area (Å²) in [4.78, 5) is 9.21. The first-order valence-corrected chi connectivity index (χ1v) is 7.01. The molecule has 0 aliphatic carbocycles. The minimum atomic E-state index is -0.0161. The molecule has 0 bridgehead atoms. The third-order valence-corrected chi connectivity index (χ3v) is 3.01. The van der Waals surface area contributed by atoms with Crippen LogP contribution in [0, 0.1) is 0 Å². The van der Waals surface area contributed by atoms with Crippen LogP contribution in [0.5, 0.6) is 0 Å². The predicted octanol–water partition coefficient (Wildman–Crippen LogP) is 3.71. The summed E-state index contributed by atoms with van der Waals surface area (Å²) in [6, 6.07) is 2.03. The number of hydrogen-bond acceptors (Lipinski definition) is 4. The molecule has 0 saturated carbocycles. The van der Waals surface area contributed by atoms with Crippen LogP contribution in [-0.2, 0) is 5.41 Å². The van der Waals surface area contributed by atoms with Gasteiger partial charge in [-0.1, -0.05) is 34.6 Å². The molecule has 0 atom stereocenters. The molecule has 1 heterocycles. The maximum absolute atomic E-state index is 4.64. The Bertz CT molecular complexity index is 369. The number of thioether (sulfide) groups is 1. The van der Waals surface area contributed by atoms with E-state index < -0.39 is 0 Å². The van der Waals surface area contributed by atoms with E-state index >= 15 is 0 Å². The Morgan fingerprint density at radius 3 is 2.41 bits per heavy atom. The number of nitrogens with zero attached hydrogens (tertiary/aromatic N) is 2. The Labute approximate surface area is 109 Å². The smallest absolute Gasteiger partial charge is 0.137 e. The molecule has 0 fully saturated rings. The Kier molecular flexibility index (Phi) is 4.80. The first kappa shape index (κ1) is 14.3. The fourth-order valence-corrected chi connectivity index (χ4v) is 2.14. The van der Waals surface area contributed by atoms with Crippen molar-refractivity contribution in [2.75, 3.05) is 11.9 Å². The van der Waals surface area contributed by atoms with Crippen LogP contribution < -0.4 is 5.32 Å². The van der Waals surface area contributed by atoms with Crippen molar-refractivity contribution in [3.63, 3.8) is 0 Å². The van der Waals surface area contributed by atoms with E-state index in [9.17, 15) is 0 Å². The third kappa shape index (κ3) is 4.54. The second-order valence-corrected chi connectivity index (χ2v) is 6.96. The maximum Gasteiger partial charge on any atom is 0.137 e. The quantitative estimate of drug-likeness (QED) is 0.656. The zero-order chi connectivity index (χ0) is 13.1. The Morgan fingerprint density at radius 1 is 1.29 bits per heavy atom. The average Bonchev–Trinajstić information content (AvgIpc) is 2.15. The monoisotopic (exact) mass is 253 g/mol. The fraction of sp³-hybridized carbons (Fsp3) is 0.692. The van der Waals surface area contributed by atoms with Crippen LogP contribution in [-0.4, -0.2) is 21.8 Å². The number of anilines is 1. The lowest BCUT2D eigenvalue weighted by Gasteiger charge is -2.19. The molecule has 17 heavy (non-hydrogen) atoms. The first-order chi connectivity index (χ1) is 7.82. The summed E-state index contributed by atoms with van der Waals surface area (Å²) in [5, 5.41) is 4.86. The summed E-state index contributed by atoms with van der Waals surface area (Å²) in [5.74, 6) is 1.83. The highest BCUT2D eigenvalue weighted by Crippen LogP contribution is 2.27. The zero-order valence-corrected chi connectivity index (χ0v) is 12.5. The molecule has 1 aromatic heterocycles. The number of rotatable bonds is 4. The van der Waals surface area contributed by atoms with E-state index in [1.165, 1.54) is 0 Å². The fourth-order valence-electron chi connectivity index (χ4n) is 1.33. The second kappa shape index (κ2) is 5.71. The first-order valence-electron chi connectivity index (χ1n) is 6.13. The average molecular weight is 253 g/mol. The lowest BCUT2D eigenvalue weighted by Crippen LogP contribution is -2.17. The summed E-state index contributed by atoms with van der Waals surface area (Å²) in [5.41, 5.74) is -0.0161. The summed E-state index contributed by atoms with van der Waals surface area (Å²) < 4.78 is 0. The largest absolute Gasteiger partial charge is 0.370 e. The van der Waals surface area contributed by atoms with Gasteiger partial charge in [0, 0.05) is 23.3 Å². The number of nitrogens with one attached hydrogen (secondary N) is 1. The van der Waals surface area contributed by atoms with Crippen molar-refractivity contribution in [2.45, 2.75) is 57.2 Å². The molecule has 96 valence electrons. The van der Waals surface area contributed by atoms with Gasteiger partial charge in [-0.05, 0) is 6.92 Å². The van der Waals surface area contributed by atoms with Crippen LogP contribution in [0.15, 0.2) is 11.1 Å². The summed E-state index contributed by atoms with van der Waals surface area (Å²) >= 11 is 1.78. The van der Waals surface area contributed by atoms with Crippen molar-refractivity contribution < 1.29 is 0 Å². The summed E-state index contributed by atoms with van der Waals surface area (Å²) in [6.07, 6.45) is 0. The van der Waals surface area contributed by atoms with Crippen LogP contribution in [0.3, 0.4) is 0 Å². The van der Waals surface area contributed by atoms with Gasteiger partial charge in [0.05, 0.1) is 0 Å². The van der Waals surface area contributed by atoms with Crippen LogP contribution in [0.4, 0.5) is 5.82 Å². The molecule has 0 saturated heterocycles. The van der Waals surface area contributed by atoms with Crippen molar-refractivity contribution in [3.8, 4) is 0 Å². The van der Waals surface area contributed by atoms with Gasteiger partial charge >= 0.3 is 0 Å². The predicted molar refractivity (Wildman–Crippen MR) is 75.9 cm³/mol. The molecule has 0 radical (unpaired) electrons. The molecular weight excluding hydrogens is 230 g/mol. The molecule has 0 aliphatic rings. The van der Waals surface area contributed by atoms with Gasteiger partial charge in [0.1, 0.15) is 16.7 Å². The van der Waals surface area contributed by atoms with Gasteiger partial charge in [-0.3, -0.25) is 0 Å². The van der Waals surface area contributed by atoms with Crippen LogP contribution in [0.25, 0.3) is 0 Å². The minimum Gasteiger partial charge on any atom is -0.370 e. The Hall–Kier alpha value is -0.770. The maximum atomic E-state index is 4.64. The lowest BCUT2D eigenvalue weighted by atomic mass is 9.96. The molecule has 0 unspecified atom stereocenters. The topological polar surface area (TPSA) is 37.8 Å². The highest BCUT2D eigenvalue weighted by atomic mass is 32.2. The van der Waals surface area contributed by atoms with Crippen molar-refractivity contribution in [1.29, 1.82) is 0 Å². The normalized spacial score (nSPS) is 11.9. The second-order valence-electron chi connectivity index (χ2n) is 5.36. The van der Waals surface area contributed by atoms with Gasteiger partial charge in [-0.25, -0.2) is 9.97 Å². The molecule has 3 nitrogen and oxygen atoms in total. The minimum absolute atomic E-state index is 0.0161. The van der Waals surface area contributed by atoms with Crippen LogP contribution in [0.1, 0.15) is 47.4 Å². The standard InChI is InChI=1S/C13H23N3S/c1-7-14-10-8-11(17-9(2)3)16-12(15-10)13(4,5)6/h8-9H,7H2,1-6H3,(H,14,15,16). The molecule has 0 aromatic carbocycles. The van der Waals surface area contributed by atoms with E-state index in [0.29, 0.717) is 5.25 Å². The van der Waals surface area contributed by atoms with Gasteiger partial charge in [0.25, 0.3) is 0 Å². The SMILES string of the molecule is CCNc1cc(SC(C)C)nc(C(C)(C)C)n1. The van der Waals surface area contributed by atoms with E-state index in [1.54, 1.807) is 11.8 Å². The molecule has 1 N–H and O–H groups in total. The number of aromatic nitrogens is 2. The van der Waals surface area contributed by atoms with E-state index in [0.717, 1.165) is 23.2 Å². The Balaban J connectivity index is 3.09. The van der Waals surface area contributed by atoms with E-state index in [4.69, 9.17) is 0 Å². The van der Waals surface area contributed by atoms with E-state index in [-0.39, 0.29) is 5.41 Å². The van der Waals surface area contributed by atoms with Gasteiger partial charge in [-0.15, -0.1) is 11.8 Å². The molecule has 1 rings (SSSR count). The molecular formula is C13H23N3S. The number of hydrogen-bond donors (Lipinski definition) is 1. The molecule has 0 aliphatic heterocycles. The van der Waals surface area contributed by atoms with Crippen molar-refractivity contribution in [1.82, 2.24) is 9.97 Å². The van der Waals surface area contributed by atoms with E-state index in [2.05, 4.69) is 56.8 Å². The highest BCUT2D eigenvalue weighted by molar-refractivity contribution is 7.99. The molecule has 4 heteroatoms. The van der Waals surface area contributed by atoms with Gasteiger partial charge in [-0.2, -0.15) is 0 Å².